The van der Waals surface area contributed by atoms with Crippen LogP contribution < -0.4 is 10.7 Å². The largest absolute Gasteiger partial charge is 0.325 e. The van der Waals surface area contributed by atoms with Crippen LogP contribution in [0.4, 0.5) is 5.69 Å². The van der Waals surface area contributed by atoms with Gasteiger partial charge in [0.05, 0.1) is 10.7 Å². The van der Waals surface area contributed by atoms with Crippen LogP contribution in [0.5, 0.6) is 0 Å². The highest BCUT2D eigenvalue weighted by Crippen LogP contribution is 2.20. The Balaban J connectivity index is 2.38. The molecule has 0 radical (unpaired) electrons. The summed E-state index contributed by atoms with van der Waals surface area (Å²) in [6, 6.07) is 6.93. The molecule has 1 aromatic carbocycles. The molecule has 0 unspecified atom stereocenters. The number of nitrogens with zero attached hydrogens (tertiary/aromatic N) is 1. The molecule has 0 fully saturated rings. The summed E-state index contributed by atoms with van der Waals surface area (Å²) in [7, 11) is 0. The van der Waals surface area contributed by atoms with Crippen molar-refractivity contribution in [3.8, 4) is 0 Å². The predicted molar refractivity (Wildman–Crippen MR) is 76.2 cm³/mol. The Morgan fingerprint density at radius 1 is 1.16 bits per heavy atom. The van der Waals surface area contributed by atoms with Crippen molar-refractivity contribution in [3.05, 3.63) is 29.3 Å². The highest BCUT2D eigenvalue weighted by atomic mass is 35.5. The predicted octanol–water partition coefficient (Wildman–Crippen LogP) is 2.57. The number of nitrogens with one attached hydrogen (secondary N) is 2. The van der Waals surface area contributed by atoms with Gasteiger partial charge in [0, 0.05) is 18.6 Å². The second-order valence-corrected chi connectivity index (χ2v) is 4.53. The summed E-state index contributed by atoms with van der Waals surface area (Å²) >= 11 is 5.90. The third kappa shape index (κ3) is 6.01. The van der Waals surface area contributed by atoms with Gasteiger partial charge in [-0.3, -0.25) is 9.59 Å². The van der Waals surface area contributed by atoms with E-state index in [1.807, 2.05) is 0 Å². The van der Waals surface area contributed by atoms with Gasteiger partial charge in [-0.2, -0.15) is 5.10 Å². The van der Waals surface area contributed by atoms with Crippen molar-refractivity contribution in [1.29, 1.82) is 0 Å². The van der Waals surface area contributed by atoms with E-state index >= 15 is 0 Å². The first-order valence-electron chi connectivity index (χ1n) is 5.83. The summed E-state index contributed by atoms with van der Waals surface area (Å²) in [5.41, 5.74) is 3.64. The number of anilines is 1. The summed E-state index contributed by atoms with van der Waals surface area (Å²) in [6.45, 7) is 3.54. The van der Waals surface area contributed by atoms with Crippen molar-refractivity contribution in [2.45, 2.75) is 26.7 Å². The maximum Gasteiger partial charge on any atom is 0.240 e. The molecule has 2 N–H and O–H groups in total. The van der Waals surface area contributed by atoms with Crippen LogP contribution >= 0.6 is 11.6 Å². The molecule has 0 heterocycles. The zero-order chi connectivity index (χ0) is 14.3. The number of halogens is 1. The Kier molecular flexibility index (Phi) is 6.02. The molecule has 0 aliphatic carbocycles. The maximum atomic E-state index is 11.6. The van der Waals surface area contributed by atoms with Gasteiger partial charge in [-0.05, 0) is 26.0 Å². The second-order valence-electron chi connectivity index (χ2n) is 4.12. The molecular formula is C13H16ClN3O2. The summed E-state index contributed by atoms with van der Waals surface area (Å²) in [4.78, 5) is 23.0. The smallest absolute Gasteiger partial charge is 0.240 e. The number of carbonyl (C=O) groups excluding carboxylic acids is 2. The van der Waals surface area contributed by atoms with Gasteiger partial charge in [0.15, 0.2) is 0 Å². The van der Waals surface area contributed by atoms with Gasteiger partial charge < -0.3 is 5.32 Å². The lowest BCUT2D eigenvalue weighted by atomic mass is 10.2. The quantitative estimate of drug-likeness (QED) is 0.643. The number of para-hydroxylation sites is 1. The summed E-state index contributed by atoms with van der Waals surface area (Å²) in [5.74, 6) is -0.559. The van der Waals surface area contributed by atoms with Crippen LogP contribution in [0.1, 0.15) is 26.7 Å². The van der Waals surface area contributed by atoms with E-state index in [4.69, 9.17) is 11.6 Å². The van der Waals surface area contributed by atoms with E-state index in [1.165, 1.54) is 0 Å². The molecule has 0 spiro atoms. The molecular weight excluding hydrogens is 266 g/mol. The lowest BCUT2D eigenvalue weighted by Gasteiger charge is -2.06. The minimum absolute atomic E-state index is 0.0765. The van der Waals surface area contributed by atoms with Crippen LogP contribution in [0.25, 0.3) is 0 Å². The van der Waals surface area contributed by atoms with Gasteiger partial charge in [0.2, 0.25) is 11.8 Å². The fraction of sp³-hybridized carbons (Fsp3) is 0.308. The standard InChI is InChI=1S/C13H16ClN3O2/c1-9(2)16-17-13(19)8-7-12(18)15-11-6-4-3-5-10(11)14/h3-6H,7-8H2,1-2H3,(H,15,18)(H,17,19). The minimum atomic E-state index is -0.296. The van der Waals surface area contributed by atoms with Crippen molar-refractivity contribution in [3.63, 3.8) is 0 Å². The van der Waals surface area contributed by atoms with Crippen molar-refractivity contribution < 1.29 is 9.59 Å². The van der Waals surface area contributed by atoms with E-state index < -0.39 is 0 Å². The van der Waals surface area contributed by atoms with Gasteiger partial charge in [-0.25, -0.2) is 5.43 Å². The molecule has 1 rings (SSSR count). The van der Waals surface area contributed by atoms with Crippen molar-refractivity contribution in [1.82, 2.24) is 5.43 Å². The third-order valence-corrected chi connectivity index (χ3v) is 2.46. The molecule has 19 heavy (non-hydrogen) atoms. The molecule has 1 aromatic rings. The van der Waals surface area contributed by atoms with Gasteiger partial charge in [0.25, 0.3) is 0 Å². The molecule has 0 bridgehead atoms. The molecule has 0 aromatic heterocycles. The van der Waals surface area contributed by atoms with E-state index in [0.717, 1.165) is 5.71 Å². The van der Waals surface area contributed by atoms with Gasteiger partial charge in [0.1, 0.15) is 0 Å². The van der Waals surface area contributed by atoms with Crippen molar-refractivity contribution in [2.75, 3.05) is 5.32 Å². The van der Waals surface area contributed by atoms with Crippen LogP contribution in [-0.2, 0) is 9.59 Å². The lowest BCUT2D eigenvalue weighted by molar-refractivity contribution is -0.124. The summed E-state index contributed by atoms with van der Waals surface area (Å²) in [6.07, 6.45) is 0.155. The fourth-order valence-corrected chi connectivity index (χ4v) is 1.42. The third-order valence-electron chi connectivity index (χ3n) is 2.13. The van der Waals surface area contributed by atoms with E-state index in [0.29, 0.717) is 10.7 Å². The van der Waals surface area contributed by atoms with Crippen LogP contribution in [0.3, 0.4) is 0 Å². The van der Waals surface area contributed by atoms with Crippen LogP contribution in [0.15, 0.2) is 29.4 Å². The first-order valence-corrected chi connectivity index (χ1v) is 6.21. The maximum absolute atomic E-state index is 11.6. The highest BCUT2D eigenvalue weighted by Gasteiger charge is 2.08. The Labute approximate surface area is 117 Å². The molecule has 102 valence electrons. The van der Waals surface area contributed by atoms with Gasteiger partial charge >= 0.3 is 0 Å². The van der Waals surface area contributed by atoms with E-state index in [-0.39, 0.29) is 24.7 Å². The molecule has 2 amide bonds. The number of hydrogen-bond donors (Lipinski definition) is 2. The number of amides is 2. The number of benzene rings is 1. The summed E-state index contributed by atoms with van der Waals surface area (Å²) < 4.78 is 0. The molecule has 0 saturated heterocycles. The van der Waals surface area contributed by atoms with E-state index in [1.54, 1.807) is 38.1 Å². The average Bonchev–Trinajstić information content (AvgIpc) is 2.36. The van der Waals surface area contributed by atoms with Crippen LogP contribution in [-0.4, -0.2) is 17.5 Å². The molecule has 0 atom stereocenters. The first kappa shape index (κ1) is 15.2. The zero-order valence-corrected chi connectivity index (χ0v) is 11.6. The van der Waals surface area contributed by atoms with Gasteiger partial charge in [-0.15, -0.1) is 0 Å². The Morgan fingerprint density at radius 3 is 2.42 bits per heavy atom. The molecule has 6 heteroatoms. The number of carbonyl (C=O) groups is 2. The SMILES string of the molecule is CC(C)=NNC(=O)CCC(=O)Nc1ccccc1Cl. The normalized spacial score (nSPS) is 9.63. The molecule has 0 saturated carbocycles. The van der Waals surface area contributed by atoms with Crippen molar-refractivity contribution >= 4 is 34.8 Å². The number of rotatable bonds is 5. The first-order chi connectivity index (χ1) is 8.99. The Hall–Kier alpha value is -1.88. The minimum Gasteiger partial charge on any atom is -0.325 e. The van der Waals surface area contributed by atoms with E-state index in [2.05, 4.69) is 15.8 Å². The molecule has 0 aliphatic heterocycles. The fourth-order valence-electron chi connectivity index (χ4n) is 1.23. The average molecular weight is 282 g/mol. The summed E-state index contributed by atoms with van der Waals surface area (Å²) in [5, 5.41) is 6.87. The molecule has 5 nitrogen and oxygen atoms in total. The molecule has 0 aliphatic rings. The zero-order valence-electron chi connectivity index (χ0n) is 10.9. The second kappa shape index (κ2) is 7.53. The highest BCUT2D eigenvalue weighted by molar-refractivity contribution is 6.33. The Bertz CT molecular complexity index is 496. The van der Waals surface area contributed by atoms with Crippen molar-refractivity contribution in [2.24, 2.45) is 5.10 Å². The lowest BCUT2D eigenvalue weighted by Crippen LogP contribution is -2.21. The van der Waals surface area contributed by atoms with E-state index in [9.17, 15) is 9.59 Å². The van der Waals surface area contributed by atoms with Crippen LogP contribution in [0, 0.1) is 0 Å². The topological polar surface area (TPSA) is 70.6 Å². The van der Waals surface area contributed by atoms with Gasteiger partial charge in [-0.1, -0.05) is 23.7 Å². The number of hydrogen-bond acceptors (Lipinski definition) is 3. The number of hydrazone groups is 1. The van der Waals surface area contributed by atoms with Crippen LogP contribution in [0.2, 0.25) is 5.02 Å². The monoisotopic (exact) mass is 281 g/mol. The Morgan fingerprint density at radius 2 is 1.79 bits per heavy atom.